The molecule has 0 aromatic heterocycles. The van der Waals surface area contributed by atoms with Crippen LogP contribution in [0.5, 0.6) is 0 Å². The fourth-order valence-electron chi connectivity index (χ4n) is 2.66. The Morgan fingerprint density at radius 1 is 1.36 bits per heavy atom. The SMILES string of the molecule is CCSCCNC1CN2CCC1CC2. The molecule has 1 atom stereocenters. The number of hydrogen-bond donors (Lipinski definition) is 1. The van der Waals surface area contributed by atoms with E-state index in [1.807, 2.05) is 11.8 Å². The van der Waals surface area contributed by atoms with E-state index in [0.717, 1.165) is 12.0 Å². The van der Waals surface area contributed by atoms with Gasteiger partial charge in [0.05, 0.1) is 0 Å². The molecule has 0 amide bonds. The number of nitrogens with one attached hydrogen (secondary N) is 1. The molecule has 0 aromatic carbocycles. The average molecular weight is 214 g/mol. The quantitative estimate of drug-likeness (QED) is 0.697. The molecule has 82 valence electrons. The average Bonchev–Trinajstić information content (AvgIpc) is 2.26. The molecule has 2 bridgehead atoms. The summed E-state index contributed by atoms with van der Waals surface area (Å²) >= 11 is 2.04. The Bertz CT molecular complexity index is 167. The molecule has 2 nitrogen and oxygen atoms in total. The largest absolute Gasteiger partial charge is 0.312 e. The van der Waals surface area contributed by atoms with Gasteiger partial charge in [-0.25, -0.2) is 0 Å². The highest BCUT2D eigenvalue weighted by atomic mass is 32.2. The number of fused-ring (bicyclic) bond motifs is 3. The van der Waals surface area contributed by atoms with Crippen molar-refractivity contribution in [2.24, 2.45) is 5.92 Å². The molecular formula is C11H22N2S. The van der Waals surface area contributed by atoms with Crippen molar-refractivity contribution >= 4 is 11.8 Å². The summed E-state index contributed by atoms with van der Waals surface area (Å²) in [5.41, 5.74) is 0. The Hall–Kier alpha value is 0.270. The van der Waals surface area contributed by atoms with Crippen molar-refractivity contribution in [1.29, 1.82) is 0 Å². The lowest BCUT2D eigenvalue weighted by atomic mass is 9.84. The summed E-state index contributed by atoms with van der Waals surface area (Å²) in [7, 11) is 0. The molecule has 3 fully saturated rings. The number of piperidine rings is 3. The van der Waals surface area contributed by atoms with Crippen molar-refractivity contribution in [3.8, 4) is 0 Å². The molecule has 0 spiro atoms. The van der Waals surface area contributed by atoms with E-state index in [9.17, 15) is 0 Å². The number of rotatable bonds is 5. The van der Waals surface area contributed by atoms with Crippen LogP contribution in [0.15, 0.2) is 0 Å². The first-order valence-electron chi connectivity index (χ1n) is 5.93. The minimum Gasteiger partial charge on any atom is -0.312 e. The summed E-state index contributed by atoms with van der Waals surface area (Å²) in [4.78, 5) is 2.62. The van der Waals surface area contributed by atoms with Gasteiger partial charge in [0.1, 0.15) is 0 Å². The van der Waals surface area contributed by atoms with E-state index in [-0.39, 0.29) is 0 Å². The van der Waals surface area contributed by atoms with Crippen LogP contribution in [0.1, 0.15) is 19.8 Å². The fraction of sp³-hybridized carbons (Fsp3) is 1.00. The van der Waals surface area contributed by atoms with Gasteiger partial charge in [0.25, 0.3) is 0 Å². The van der Waals surface area contributed by atoms with Crippen molar-refractivity contribution in [2.45, 2.75) is 25.8 Å². The predicted octanol–water partition coefficient (Wildman–Crippen LogP) is 1.42. The summed E-state index contributed by atoms with van der Waals surface area (Å²) in [5, 5.41) is 3.73. The maximum Gasteiger partial charge on any atom is 0.0224 e. The molecule has 1 unspecified atom stereocenters. The third-order valence-electron chi connectivity index (χ3n) is 3.51. The molecule has 14 heavy (non-hydrogen) atoms. The molecule has 0 saturated carbocycles. The smallest absolute Gasteiger partial charge is 0.0224 e. The molecular weight excluding hydrogens is 192 g/mol. The molecule has 0 aliphatic carbocycles. The standard InChI is InChI=1S/C11H22N2S/c1-2-14-8-5-12-11-9-13-6-3-10(11)4-7-13/h10-12H,2-9H2,1H3. The summed E-state index contributed by atoms with van der Waals surface area (Å²) < 4.78 is 0. The normalized spacial score (nSPS) is 36.2. The lowest BCUT2D eigenvalue weighted by molar-refractivity contribution is 0.0738. The van der Waals surface area contributed by atoms with Crippen LogP contribution in [-0.2, 0) is 0 Å². The molecule has 3 heterocycles. The summed E-state index contributed by atoms with van der Waals surface area (Å²) in [6.07, 6.45) is 2.86. The third kappa shape index (κ3) is 2.65. The Morgan fingerprint density at radius 2 is 2.14 bits per heavy atom. The van der Waals surface area contributed by atoms with Crippen molar-refractivity contribution in [3.05, 3.63) is 0 Å². The van der Waals surface area contributed by atoms with Crippen LogP contribution in [0.2, 0.25) is 0 Å². The third-order valence-corrected chi connectivity index (χ3v) is 4.41. The van der Waals surface area contributed by atoms with E-state index >= 15 is 0 Å². The van der Waals surface area contributed by atoms with Gasteiger partial charge in [-0.1, -0.05) is 6.92 Å². The Labute approximate surface area is 91.8 Å². The van der Waals surface area contributed by atoms with E-state index in [0.29, 0.717) is 0 Å². The summed E-state index contributed by atoms with van der Waals surface area (Å²) in [5.74, 6) is 3.51. The van der Waals surface area contributed by atoms with E-state index < -0.39 is 0 Å². The van der Waals surface area contributed by atoms with Gasteiger partial charge in [-0.05, 0) is 37.6 Å². The maximum absolute atomic E-state index is 3.73. The second kappa shape index (κ2) is 5.38. The van der Waals surface area contributed by atoms with Crippen molar-refractivity contribution in [3.63, 3.8) is 0 Å². The lowest BCUT2D eigenvalue weighted by Gasteiger charge is -2.45. The van der Waals surface area contributed by atoms with Gasteiger partial charge in [-0.3, -0.25) is 0 Å². The molecule has 0 radical (unpaired) electrons. The van der Waals surface area contributed by atoms with Crippen LogP contribution in [0.25, 0.3) is 0 Å². The van der Waals surface area contributed by atoms with Crippen LogP contribution in [0.4, 0.5) is 0 Å². The highest BCUT2D eigenvalue weighted by molar-refractivity contribution is 7.99. The number of nitrogens with zero attached hydrogens (tertiary/aromatic N) is 1. The van der Waals surface area contributed by atoms with E-state index in [2.05, 4.69) is 17.1 Å². The van der Waals surface area contributed by atoms with Crippen LogP contribution in [0, 0.1) is 5.92 Å². The zero-order valence-corrected chi connectivity index (χ0v) is 9.98. The molecule has 3 saturated heterocycles. The second-order valence-electron chi connectivity index (χ2n) is 4.40. The fourth-order valence-corrected chi connectivity index (χ4v) is 3.21. The van der Waals surface area contributed by atoms with Gasteiger partial charge in [0, 0.05) is 24.9 Å². The molecule has 3 heteroatoms. The van der Waals surface area contributed by atoms with Gasteiger partial charge < -0.3 is 10.2 Å². The highest BCUT2D eigenvalue weighted by Gasteiger charge is 2.33. The summed E-state index contributed by atoms with van der Waals surface area (Å²) in [6.45, 7) is 7.45. The first-order chi connectivity index (χ1) is 6.90. The molecule has 1 N–H and O–H groups in total. The molecule has 3 aliphatic rings. The van der Waals surface area contributed by atoms with Crippen LogP contribution < -0.4 is 5.32 Å². The monoisotopic (exact) mass is 214 g/mol. The van der Waals surface area contributed by atoms with Gasteiger partial charge in [-0.2, -0.15) is 11.8 Å². The minimum atomic E-state index is 0.801. The zero-order valence-electron chi connectivity index (χ0n) is 9.17. The molecule has 0 aromatic rings. The first-order valence-corrected chi connectivity index (χ1v) is 7.09. The van der Waals surface area contributed by atoms with E-state index in [1.54, 1.807) is 0 Å². The lowest BCUT2D eigenvalue weighted by Crippen LogP contribution is -2.56. The highest BCUT2D eigenvalue weighted by Crippen LogP contribution is 2.27. The number of hydrogen-bond acceptors (Lipinski definition) is 3. The zero-order chi connectivity index (χ0) is 9.80. The maximum atomic E-state index is 3.73. The Balaban J connectivity index is 1.66. The van der Waals surface area contributed by atoms with Crippen molar-refractivity contribution in [2.75, 3.05) is 37.7 Å². The Morgan fingerprint density at radius 3 is 2.71 bits per heavy atom. The molecule has 3 aliphatic heterocycles. The van der Waals surface area contributed by atoms with Crippen molar-refractivity contribution < 1.29 is 0 Å². The minimum absolute atomic E-state index is 0.801. The van der Waals surface area contributed by atoms with Crippen LogP contribution in [-0.4, -0.2) is 48.6 Å². The predicted molar refractivity (Wildman–Crippen MR) is 64.0 cm³/mol. The van der Waals surface area contributed by atoms with Gasteiger partial charge in [-0.15, -0.1) is 0 Å². The first kappa shape index (κ1) is 10.8. The topological polar surface area (TPSA) is 15.3 Å². The van der Waals surface area contributed by atoms with Crippen LogP contribution in [0.3, 0.4) is 0 Å². The van der Waals surface area contributed by atoms with E-state index in [1.165, 1.54) is 50.5 Å². The second-order valence-corrected chi connectivity index (χ2v) is 5.79. The van der Waals surface area contributed by atoms with Gasteiger partial charge in [0.15, 0.2) is 0 Å². The van der Waals surface area contributed by atoms with Gasteiger partial charge in [0.2, 0.25) is 0 Å². The van der Waals surface area contributed by atoms with Crippen LogP contribution >= 0.6 is 11.8 Å². The molecule has 3 rings (SSSR count). The Kier molecular flexibility index (Phi) is 4.14. The summed E-state index contributed by atoms with van der Waals surface area (Å²) in [6, 6.07) is 0.801. The van der Waals surface area contributed by atoms with Gasteiger partial charge >= 0.3 is 0 Å². The number of thioether (sulfide) groups is 1. The van der Waals surface area contributed by atoms with Crippen molar-refractivity contribution in [1.82, 2.24) is 10.2 Å². The van der Waals surface area contributed by atoms with E-state index in [4.69, 9.17) is 0 Å².